The van der Waals surface area contributed by atoms with Crippen LogP contribution >= 0.6 is 11.6 Å². The van der Waals surface area contributed by atoms with Crippen LogP contribution in [0.25, 0.3) is 0 Å². The topological polar surface area (TPSA) is 46.2 Å². The third-order valence-electron chi connectivity index (χ3n) is 2.86. The van der Waals surface area contributed by atoms with Gasteiger partial charge < -0.3 is 0 Å². The van der Waals surface area contributed by atoms with E-state index < -0.39 is 10.0 Å². The zero-order valence-electron chi connectivity index (χ0n) is 11.9. The van der Waals surface area contributed by atoms with Crippen LogP contribution in [0, 0.1) is 19.8 Å². The Kier molecular flexibility index (Phi) is 5.83. The van der Waals surface area contributed by atoms with Crippen LogP contribution in [0.4, 0.5) is 0 Å². The molecule has 0 aliphatic carbocycles. The third-order valence-corrected chi connectivity index (χ3v) is 4.75. The molecule has 5 heteroatoms. The van der Waals surface area contributed by atoms with Crippen LogP contribution in [0.2, 0.25) is 0 Å². The number of benzene rings is 1. The van der Waals surface area contributed by atoms with E-state index in [-0.39, 0.29) is 11.9 Å². The van der Waals surface area contributed by atoms with E-state index in [9.17, 15) is 8.42 Å². The van der Waals surface area contributed by atoms with Crippen LogP contribution in [0.3, 0.4) is 0 Å². The molecular formula is C14H22ClNO2S. The molecule has 0 aliphatic heterocycles. The second kappa shape index (κ2) is 6.73. The second-order valence-electron chi connectivity index (χ2n) is 5.35. The van der Waals surface area contributed by atoms with Crippen LogP contribution in [-0.2, 0) is 10.0 Å². The van der Waals surface area contributed by atoms with Crippen molar-refractivity contribution in [2.24, 2.45) is 5.92 Å². The molecule has 0 fully saturated rings. The first-order valence-electron chi connectivity index (χ1n) is 6.43. The molecule has 0 saturated heterocycles. The first kappa shape index (κ1) is 16.5. The third kappa shape index (κ3) is 5.13. The van der Waals surface area contributed by atoms with Gasteiger partial charge in [-0.25, -0.2) is 13.1 Å². The molecule has 0 bridgehead atoms. The van der Waals surface area contributed by atoms with Gasteiger partial charge >= 0.3 is 0 Å². The van der Waals surface area contributed by atoms with E-state index in [4.69, 9.17) is 11.6 Å². The van der Waals surface area contributed by atoms with Crippen molar-refractivity contribution in [3.63, 3.8) is 0 Å². The minimum absolute atomic E-state index is 0.181. The Morgan fingerprint density at radius 2 is 1.89 bits per heavy atom. The van der Waals surface area contributed by atoms with Crippen LogP contribution in [-0.4, -0.2) is 20.3 Å². The Bertz CT molecular complexity index is 526. The smallest absolute Gasteiger partial charge is 0.210 e. The Balaban J connectivity index is 2.79. The van der Waals surface area contributed by atoms with Gasteiger partial charge in [0.15, 0.2) is 0 Å². The number of rotatable bonds is 6. The summed E-state index contributed by atoms with van der Waals surface area (Å²) in [7, 11) is -3.48. The summed E-state index contributed by atoms with van der Waals surface area (Å²) in [6.07, 6.45) is 0.789. The Hall–Kier alpha value is -0.580. The van der Waals surface area contributed by atoms with Crippen LogP contribution < -0.4 is 4.72 Å². The molecule has 0 aliphatic rings. The van der Waals surface area contributed by atoms with E-state index in [2.05, 4.69) is 18.6 Å². The lowest BCUT2D eigenvalue weighted by molar-refractivity contribution is 0.544. The number of aryl methyl sites for hydroxylation is 2. The Morgan fingerprint density at radius 3 is 2.47 bits per heavy atom. The molecule has 0 radical (unpaired) electrons. The van der Waals surface area contributed by atoms with Crippen molar-refractivity contribution in [2.75, 3.05) is 6.54 Å². The summed E-state index contributed by atoms with van der Waals surface area (Å²) >= 11 is 6.11. The standard InChI is InChI=1S/C14H22ClNO2S/c1-10(2)7-13(15)9-16-19(17,18)14-8-11(3)5-6-12(14)4/h5-6,8,10,13,16H,7,9H2,1-4H3. The van der Waals surface area contributed by atoms with Gasteiger partial charge in [0.2, 0.25) is 10.0 Å². The average Bonchev–Trinajstić information content (AvgIpc) is 2.29. The maximum Gasteiger partial charge on any atom is 0.240 e. The van der Waals surface area contributed by atoms with Crippen LogP contribution in [0.1, 0.15) is 31.4 Å². The van der Waals surface area contributed by atoms with Gasteiger partial charge in [0.25, 0.3) is 0 Å². The molecule has 108 valence electrons. The number of hydrogen-bond acceptors (Lipinski definition) is 2. The molecule has 1 aromatic rings. The Labute approximate surface area is 121 Å². The predicted octanol–water partition coefficient (Wildman–Crippen LogP) is 3.24. The van der Waals surface area contributed by atoms with Gasteiger partial charge in [0.1, 0.15) is 0 Å². The fourth-order valence-corrected chi connectivity index (χ4v) is 3.80. The molecule has 0 aromatic heterocycles. The largest absolute Gasteiger partial charge is 0.240 e. The van der Waals surface area contributed by atoms with E-state index in [1.807, 2.05) is 19.1 Å². The highest BCUT2D eigenvalue weighted by molar-refractivity contribution is 7.89. The van der Waals surface area contributed by atoms with E-state index in [1.54, 1.807) is 13.0 Å². The van der Waals surface area contributed by atoms with Gasteiger partial charge in [-0.05, 0) is 43.4 Å². The molecule has 19 heavy (non-hydrogen) atoms. The summed E-state index contributed by atoms with van der Waals surface area (Å²) in [5, 5.41) is -0.181. The van der Waals surface area contributed by atoms with Crippen molar-refractivity contribution in [1.82, 2.24) is 4.72 Å². The minimum Gasteiger partial charge on any atom is -0.210 e. The van der Waals surface area contributed by atoms with E-state index in [0.717, 1.165) is 17.5 Å². The molecule has 1 N–H and O–H groups in total. The van der Waals surface area contributed by atoms with Gasteiger partial charge in [-0.3, -0.25) is 0 Å². The van der Waals surface area contributed by atoms with Crippen molar-refractivity contribution in [2.45, 2.75) is 44.4 Å². The molecule has 1 unspecified atom stereocenters. The molecule has 0 saturated carbocycles. The summed E-state index contributed by atoms with van der Waals surface area (Å²) in [5.74, 6) is 0.452. The average molecular weight is 304 g/mol. The Morgan fingerprint density at radius 1 is 1.26 bits per heavy atom. The highest BCUT2D eigenvalue weighted by Gasteiger charge is 2.18. The minimum atomic E-state index is -3.48. The van der Waals surface area contributed by atoms with Crippen LogP contribution in [0.5, 0.6) is 0 Å². The maximum atomic E-state index is 12.2. The number of halogens is 1. The monoisotopic (exact) mass is 303 g/mol. The summed E-state index contributed by atoms with van der Waals surface area (Å²) in [6.45, 7) is 8.06. The van der Waals surface area contributed by atoms with Crippen molar-refractivity contribution >= 4 is 21.6 Å². The zero-order valence-corrected chi connectivity index (χ0v) is 13.5. The van der Waals surface area contributed by atoms with Crippen LogP contribution in [0.15, 0.2) is 23.1 Å². The number of sulfonamides is 1. The molecule has 0 spiro atoms. The predicted molar refractivity (Wildman–Crippen MR) is 80.2 cm³/mol. The lowest BCUT2D eigenvalue weighted by atomic mass is 10.1. The number of nitrogens with one attached hydrogen (secondary N) is 1. The fraction of sp³-hybridized carbons (Fsp3) is 0.571. The highest BCUT2D eigenvalue weighted by atomic mass is 35.5. The lowest BCUT2D eigenvalue weighted by Crippen LogP contribution is -2.31. The lowest BCUT2D eigenvalue weighted by Gasteiger charge is -2.14. The highest BCUT2D eigenvalue weighted by Crippen LogP contribution is 2.17. The summed E-state index contributed by atoms with van der Waals surface area (Å²) in [4.78, 5) is 0.334. The van der Waals surface area contributed by atoms with Crippen molar-refractivity contribution < 1.29 is 8.42 Å². The quantitative estimate of drug-likeness (QED) is 0.820. The summed E-state index contributed by atoms with van der Waals surface area (Å²) < 4.78 is 27.0. The first-order valence-corrected chi connectivity index (χ1v) is 8.35. The number of hydrogen-bond donors (Lipinski definition) is 1. The molecule has 3 nitrogen and oxygen atoms in total. The summed E-state index contributed by atoms with van der Waals surface area (Å²) in [6, 6.07) is 5.40. The number of alkyl halides is 1. The first-order chi connectivity index (χ1) is 8.72. The van der Waals surface area contributed by atoms with Gasteiger partial charge in [0, 0.05) is 11.9 Å². The van der Waals surface area contributed by atoms with Gasteiger partial charge in [-0.2, -0.15) is 0 Å². The normalized spacial score (nSPS) is 13.8. The van der Waals surface area contributed by atoms with E-state index in [0.29, 0.717) is 10.8 Å². The van der Waals surface area contributed by atoms with Gasteiger partial charge in [-0.15, -0.1) is 11.6 Å². The summed E-state index contributed by atoms with van der Waals surface area (Å²) in [5.41, 5.74) is 1.67. The molecule has 1 atom stereocenters. The van der Waals surface area contributed by atoms with Gasteiger partial charge in [-0.1, -0.05) is 26.0 Å². The molecule has 0 amide bonds. The molecule has 1 aromatic carbocycles. The fourth-order valence-electron chi connectivity index (χ4n) is 1.87. The van der Waals surface area contributed by atoms with Gasteiger partial charge in [0.05, 0.1) is 4.90 Å². The maximum absolute atomic E-state index is 12.2. The van der Waals surface area contributed by atoms with Crippen molar-refractivity contribution in [1.29, 1.82) is 0 Å². The molecular weight excluding hydrogens is 282 g/mol. The SMILES string of the molecule is Cc1ccc(C)c(S(=O)(=O)NCC(Cl)CC(C)C)c1. The zero-order chi connectivity index (χ0) is 14.6. The molecule has 1 rings (SSSR count). The molecule has 0 heterocycles. The van der Waals surface area contributed by atoms with Crippen molar-refractivity contribution in [3.8, 4) is 0 Å². The second-order valence-corrected chi connectivity index (χ2v) is 7.70. The van der Waals surface area contributed by atoms with E-state index >= 15 is 0 Å². The van der Waals surface area contributed by atoms with E-state index in [1.165, 1.54) is 0 Å². The van der Waals surface area contributed by atoms with Crippen molar-refractivity contribution in [3.05, 3.63) is 29.3 Å².